The van der Waals surface area contributed by atoms with Crippen molar-refractivity contribution >= 4 is 23.0 Å². The average molecular weight is 280 g/mol. The van der Waals surface area contributed by atoms with Gasteiger partial charge >= 0.3 is 5.97 Å². The minimum Gasteiger partial charge on any atom is -0.479 e. The van der Waals surface area contributed by atoms with E-state index in [1.807, 2.05) is 0 Å². The third kappa shape index (κ3) is 1.70. The van der Waals surface area contributed by atoms with Crippen molar-refractivity contribution in [2.45, 2.75) is 24.5 Å². The Morgan fingerprint density at radius 3 is 2.80 bits per heavy atom. The van der Waals surface area contributed by atoms with E-state index in [2.05, 4.69) is 15.0 Å². The van der Waals surface area contributed by atoms with Gasteiger partial charge in [0.15, 0.2) is 23.8 Å². The van der Waals surface area contributed by atoms with Gasteiger partial charge in [-0.3, -0.25) is 4.57 Å². The van der Waals surface area contributed by atoms with Crippen LogP contribution in [0.1, 0.15) is 6.23 Å². The van der Waals surface area contributed by atoms with Gasteiger partial charge in [0, 0.05) is 0 Å². The zero-order chi connectivity index (χ0) is 14.4. The lowest BCUT2D eigenvalue weighted by Crippen LogP contribution is -2.43. The summed E-state index contributed by atoms with van der Waals surface area (Å²) in [5, 5.41) is 19.0. The molecule has 6 N–H and O–H groups in total. The van der Waals surface area contributed by atoms with Gasteiger partial charge in [0.1, 0.15) is 17.9 Å². The summed E-state index contributed by atoms with van der Waals surface area (Å²) in [5.41, 5.74) is 12.0. The average Bonchev–Trinajstić information content (AvgIpc) is 2.94. The number of carboxylic acids is 1. The fraction of sp³-hybridized carbons (Fsp3) is 0.400. The number of fused-ring (bicyclic) bond motifs is 1. The molecule has 0 saturated carbocycles. The molecule has 0 bridgehead atoms. The number of imidazole rings is 1. The molecule has 20 heavy (non-hydrogen) atoms. The monoisotopic (exact) mass is 280 g/mol. The smallest absolute Gasteiger partial charge is 0.334 e. The summed E-state index contributed by atoms with van der Waals surface area (Å²) >= 11 is 0. The third-order valence-corrected chi connectivity index (χ3v) is 3.23. The number of nitrogen functional groups attached to an aromatic ring is 1. The number of aliphatic hydroxyl groups excluding tert-OH is 1. The van der Waals surface area contributed by atoms with E-state index in [0.717, 1.165) is 0 Å². The Hall–Kier alpha value is -2.30. The Balaban J connectivity index is 2.04. The van der Waals surface area contributed by atoms with Crippen LogP contribution in [0, 0.1) is 0 Å². The number of hydrogen-bond donors (Lipinski definition) is 4. The molecule has 3 heterocycles. The quantitative estimate of drug-likeness (QED) is 0.491. The van der Waals surface area contributed by atoms with Crippen molar-refractivity contribution in [1.29, 1.82) is 0 Å². The van der Waals surface area contributed by atoms with E-state index in [4.69, 9.17) is 21.3 Å². The molecule has 2 aromatic rings. The van der Waals surface area contributed by atoms with Crippen LogP contribution < -0.4 is 11.5 Å². The molecule has 0 aromatic carbocycles. The lowest BCUT2D eigenvalue weighted by Gasteiger charge is -2.16. The number of carboxylic acid groups (broad SMARTS) is 1. The predicted molar refractivity (Wildman–Crippen MR) is 65.3 cm³/mol. The van der Waals surface area contributed by atoms with Gasteiger partial charge in [-0.05, 0) is 0 Å². The second kappa shape index (κ2) is 4.37. The molecule has 106 valence electrons. The molecule has 10 heteroatoms. The van der Waals surface area contributed by atoms with Crippen molar-refractivity contribution < 1.29 is 19.7 Å². The second-order valence-electron chi connectivity index (χ2n) is 4.44. The predicted octanol–water partition coefficient (Wildman–Crippen LogP) is -1.92. The van der Waals surface area contributed by atoms with Gasteiger partial charge in [-0.25, -0.2) is 19.7 Å². The minimum atomic E-state index is -1.30. The first-order chi connectivity index (χ1) is 9.50. The van der Waals surface area contributed by atoms with Gasteiger partial charge in [0.2, 0.25) is 0 Å². The number of anilines is 1. The number of rotatable bonds is 2. The van der Waals surface area contributed by atoms with Crippen molar-refractivity contribution in [2.24, 2.45) is 5.73 Å². The van der Waals surface area contributed by atoms with E-state index in [1.54, 1.807) is 0 Å². The number of aliphatic carboxylic acids is 1. The standard InChI is InChI=1S/C10H12N6O4/c11-3-5(17)9(20-6(3)10(18)19)16-2-15-4-7(12)13-1-14-8(4)16/h1-3,5-6,9,17H,11H2,(H,18,19)(H2,12,13,14)/t3-,5+,6-,9-/m0/s1. The molecule has 1 saturated heterocycles. The largest absolute Gasteiger partial charge is 0.479 e. The fourth-order valence-corrected chi connectivity index (χ4v) is 2.20. The van der Waals surface area contributed by atoms with Gasteiger partial charge < -0.3 is 26.4 Å². The molecule has 1 aliphatic heterocycles. The fourth-order valence-electron chi connectivity index (χ4n) is 2.20. The molecule has 3 rings (SSSR count). The second-order valence-corrected chi connectivity index (χ2v) is 4.44. The Morgan fingerprint density at radius 1 is 1.40 bits per heavy atom. The van der Waals surface area contributed by atoms with Crippen molar-refractivity contribution in [1.82, 2.24) is 19.5 Å². The number of carbonyl (C=O) groups is 1. The Bertz CT molecular complexity index is 673. The van der Waals surface area contributed by atoms with Crippen LogP contribution in [0.3, 0.4) is 0 Å². The summed E-state index contributed by atoms with van der Waals surface area (Å²) in [4.78, 5) is 22.8. The number of nitrogens with two attached hydrogens (primary N) is 2. The summed E-state index contributed by atoms with van der Waals surface area (Å²) in [7, 11) is 0. The highest BCUT2D eigenvalue weighted by atomic mass is 16.6. The van der Waals surface area contributed by atoms with Crippen LogP contribution in [0.2, 0.25) is 0 Å². The molecular weight excluding hydrogens is 268 g/mol. The third-order valence-electron chi connectivity index (χ3n) is 3.23. The maximum atomic E-state index is 11.0. The number of aromatic nitrogens is 4. The summed E-state index contributed by atoms with van der Waals surface area (Å²) in [5.74, 6) is -1.06. The SMILES string of the molecule is Nc1ncnc2c1ncn2[C@H]1O[C@H](C(=O)O)[C@@H](N)[C@H]1O. The van der Waals surface area contributed by atoms with E-state index in [0.29, 0.717) is 11.2 Å². The van der Waals surface area contributed by atoms with E-state index < -0.39 is 30.4 Å². The highest BCUT2D eigenvalue weighted by molar-refractivity contribution is 5.81. The van der Waals surface area contributed by atoms with E-state index in [1.165, 1.54) is 17.2 Å². The van der Waals surface area contributed by atoms with E-state index >= 15 is 0 Å². The Kier molecular flexibility index (Phi) is 2.78. The molecule has 10 nitrogen and oxygen atoms in total. The molecule has 0 spiro atoms. The zero-order valence-corrected chi connectivity index (χ0v) is 10.1. The zero-order valence-electron chi connectivity index (χ0n) is 10.1. The van der Waals surface area contributed by atoms with Crippen LogP contribution in [0.5, 0.6) is 0 Å². The van der Waals surface area contributed by atoms with Gasteiger partial charge in [-0.15, -0.1) is 0 Å². The topological polar surface area (TPSA) is 162 Å². The Morgan fingerprint density at radius 2 is 2.15 bits per heavy atom. The normalized spacial score (nSPS) is 29.9. The summed E-state index contributed by atoms with van der Waals surface area (Å²) in [6.07, 6.45) is -0.909. The minimum absolute atomic E-state index is 0.181. The maximum Gasteiger partial charge on any atom is 0.334 e. The molecule has 0 aliphatic carbocycles. The molecule has 4 atom stereocenters. The van der Waals surface area contributed by atoms with Gasteiger partial charge in [-0.1, -0.05) is 0 Å². The van der Waals surface area contributed by atoms with Crippen molar-refractivity contribution in [3.63, 3.8) is 0 Å². The molecule has 1 fully saturated rings. The summed E-state index contributed by atoms with van der Waals surface area (Å²) in [6, 6.07) is -1.05. The molecule has 0 amide bonds. The lowest BCUT2D eigenvalue weighted by atomic mass is 10.1. The van der Waals surface area contributed by atoms with Gasteiger partial charge in [0.05, 0.1) is 12.4 Å². The Labute approximate surface area is 112 Å². The number of ether oxygens (including phenoxy) is 1. The summed E-state index contributed by atoms with van der Waals surface area (Å²) in [6.45, 7) is 0. The van der Waals surface area contributed by atoms with Crippen LogP contribution >= 0.6 is 0 Å². The molecular formula is C10H12N6O4. The first kappa shape index (κ1) is 12.7. The van der Waals surface area contributed by atoms with E-state index in [9.17, 15) is 9.90 Å². The highest BCUT2D eigenvalue weighted by Gasteiger charge is 2.46. The molecule has 0 radical (unpaired) electrons. The molecule has 2 aromatic heterocycles. The van der Waals surface area contributed by atoms with Crippen LogP contribution in [0.4, 0.5) is 5.82 Å². The highest BCUT2D eigenvalue weighted by Crippen LogP contribution is 2.31. The molecule has 1 aliphatic rings. The first-order valence-corrected chi connectivity index (χ1v) is 5.75. The number of nitrogens with zero attached hydrogens (tertiary/aromatic N) is 4. The number of aliphatic hydroxyl groups is 1. The number of hydrogen-bond acceptors (Lipinski definition) is 8. The summed E-state index contributed by atoms with van der Waals surface area (Å²) < 4.78 is 6.68. The van der Waals surface area contributed by atoms with Crippen molar-refractivity contribution in [3.8, 4) is 0 Å². The van der Waals surface area contributed by atoms with Crippen molar-refractivity contribution in [2.75, 3.05) is 5.73 Å². The van der Waals surface area contributed by atoms with Crippen LogP contribution in [0.25, 0.3) is 11.2 Å². The van der Waals surface area contributed by atoms with Crippen LogP contribution in [0.15, 0.2) is 12.7 Å². The molecule has 0 unspecified atom stereocenters. The lowest BCUT2D eigenvalue weighted by molar-refractivity contribution is -0.152. The van der Waals surface area contributed by atoms with Gasteiger partial charge in [-0.2, -0.15) is 0 Å². The first-order valence-electron chi connectivity index (χ1n) is 5.75. The van der Waals surface area contributed by atoms with Crippen molar-refractivity contribution in [3.05, 3.63) is 12.7 Å². The van der Waals surface area contributed by atoms with E-state index in [-0.39, 0.29) is 5.82 Å². The van der Waals surface area contributed by atoms with Crippen LogP contribution in [-0.4, -0.2) is 54.0 Å². The van der Waals surface area contributed by atoms with Crippen LogP contribution in [-0.2, 0) is 9.53 Å². The maximum absolute atomic E-state index is 11.0. The van der Waals surface area contributed by atoms with Gasteiger partial charge in [0.25, 0.3) is 0 Å².